The van der Waals surface area contributed by atoms with Crippen LogP contribution in [0.25, 0.3) is 0 Å². The van der Waals surface area contributed by atoms with E-state index in [1.807, 2.05) is 0 Å². The van der Waals surface area contributed by atoms with Gasteiger partial charge in [-0.2, -0.15) is 0 Å². The van der Waals surface area contributed by atoms with Gasteiger partial charge in [-0.3, -0.25) is 14.2 Å². The van der Waals surface area contributed by atoms with Crippen LogP contribution in [0.3, 0.4) is 0 Å². The zero-order valence-corrected chi connectivity index (χ0v) is 14.7. The van der Waals surface area contributed by atoms with E-state index in [9.17, 15) is 9.59 Å². The number of thioether (sulfide) groups is 1. The van der Waals surface area contributed by atoms with Gasteiger partial charge in [0.1, 0.15) is 12.3 Å². The number of methoxy groups -OCH3 is 1. The Hall–Kier alpha value is -2.75. The van der Waals surface area contributed by atoms with Crippen LogP contribution >= 0.6 is 11.8 Å². The van der Waals surface area contributed by atoms with Gasteiger partial charge in [-0.25, -0.2) is 0 Å². The van der Waals surface area contributed by atoms with Crippen molar-refractivity contribution in [2.75, 3.05) is 30.5 Å². The van der Waals surface area contributed by atoms with Gasteiger partial charge in [0.2, 0.25) is 11.9 Å². The van der Waals surface area contributed by atoms with Gasteiger partial charge in [-0.15, -0.1) is 10.2 Å². The van der Waals surface area contributed by atoms with E-state index in [1.54, 1.807) is 38.3 Å². The van der Waals surface area contributed by atoms with Gasteiger partial charge in [0.25, 0.3) is 0 Å². The highest BCUT2D eigenvalue weighted by Crippen LogP contribution is 2.19. The first-order chi connectivity index (χ1) is 12.0. The van der Waals surface area contributed by atoms with Crippen LogP contribution in [-0.2, 0) is 20.9 Å². The van der Waals surface area contributed by atoms with Gasteiger partial charge in [0, 0.05) is 5.69 Å². The predicted molar refractivity (Wildman–Crippen MR) is 93.4 cm³/mol. The minimum Gasteiger partial charge on any atom is -0.497 e. The molecule has 0 fully saturated rings. The Morgan fingerprint density at radius 2 is 2.00 bits per heavy atom. The maximum absolute atomic E-state index is 12.2. The lowest BCUT2D eigenvalue weighted by Crippen LogP contribution is -2.20. The Morgan fingerprint density at radius 1 is 1.28 bits per heavy atom. The number of esters is 1. The maximum atomic E-state index is 12.2. The average molecular weight is 365 g/mol. The molecule has 10 heteroatoms. The summed E-state index contributed by atoms with van der Waals surface area (Å²) in [6, 6.07) is 6.93. The topological polar surface area (TPSA) is 121 Å². The predicted octanol–water partition coefficient (Wildman–Crippen LogP) is 1.16. The highest BCUT2D eigenvalue weighted by molar-refractivity contribution is 7.99. The average Bonchev–Trinajstić information content (AvgIpc) is 2.94. The number of nitrogens with one attached hydrogen (secondary N) is 1. The van der Waals surface area contributed by atoms with E-state index in [0.717, 1.165) is 11.8 Å². The van der Waals surface area contributed by atoms with Crippen LogP contribution in [0, 0.1) is 0 Å². The van der Waals surface area contributed by atoms with Crippen molar-refractivity contribution < 1.29 is 19.1 Å². The lowest BCUT2D eigenvalue weighted by atomic mass is 10.3. The zero-order chi connectivity index (χ0) is 18.2. The lowest BCUT2D eigenvalue weighted by molar-refractivity contribution is -0.139. The Labute approximate surface area is 148 Å². The molecular weight excluding hydrogens is 346 g/mol. The van der Waals surface area contributed by atoms with Crippen molar-refractivity contribution in [2.24, 2.45) is 0 Å². The van der Waals surface area contributed by atoms with Crippen molar-refractivity contribution >= 4 is 35.3 Å². The zero-order valence-electron chi connectivity index (χ0n) is 13.9. The highest BCUT2D eigenvalue weighted by Gasteiger charge is 2.15. The molecule has 0 aliphatic heterocycles. The Kier molecular flexibility index (Phi) is 6.63. The Morgan fingerprint density at radius 3 is 2.64 bits per heavy atom. The molecule has 1 aromatic carbocycles. The van der Waals surface area contributed by atoms with Gasteiger partial charge in [-0.05, 0) is 31.2 Å². The minimum atomic E-state index is -0.372. The number of hydrogen-bond donors (Lipinski definition) is 2. The second-order valence-corrected chi connectivity index (χ2v) is 5.74. The first-order valence-electron chi connectivity index (χ1n) is 7.44. The van der Waals surface area contributed by atoms with Crippen LogP contribution < -0.4 is 15.8 Å². The summed E-state index contributed by atoms with van der Waals surface area (Å²) in [5.74, 6) is 0.180. The number of anilines is 2. The molecule has 0 unspecified atom stereocenters. The van der Waals surface area contributed by atoms with Crippen LogP contribution in [0.2, 0.25) is 0 Å². The van der Waals surface area contributed by atoms with Crippen molar-refractivity contribution in [3.8, 4) is 5.75 Å². The molecule has 1 aromatic heterocycles. The van der Waals surface area contributed by atoms with E-state index in [0.29, 0.717) is 23.2 Å². The minimum absolute atomic E-state index is 0.0616. The third-order valence-corrected chi connectivity index (χ3v) is 3.99. The number of carbonyl (C=O) groups is 2. The molecule has 0 aliphatic rings. The monoisotopic (exact) mass is 365 g/mol. The first-order valence-corrected chi connectivity index (χ1v) is 8.43. The summed E-state index contributed by atoms with van der Waals surface area (Å²) in [5.41, 5.74) is 6.37. The van der Waals surface area contributed by atoms with Crippen molar-refractivity contribution in [1.29, 1.82) is 0 Å². The van der Waals surface area contributed by atoms with Crippen LogP contribution in [0.4, 0.5) is 11.6 Å². The normalized spacial score (nSPS) is 10.3. The van der Waals surface area contributed by atoms with Crippen molar-refractivity contribution in [1.82, 2.24) is 14.8 Å². The molecule has 0 bridgehead atoms. The molecule has 9 nitrogen and oxygen atoms in total. The molecule has 0 saturated carbocycles. The van der Waals surface area contributed by atoms with Crippen LogP contribution in [0.15, 0.2) is 29.4 Å². The number of carbonyl (C=O) groups excluding carboxylic acids is 2. The number of nitrogens with two attached hydrogens (primary N) is 1. The molecule has 1 heterocycles. The van der Waals surface area contributed by atoms with Crippen molar-refractivity contribution in [2.45, 2.75) is 18.6 Å². The molecule has 0 radical (unpaired) electrons. The molecule has 134 valence electrons. The molecule has 2 aromatic rings. The van der Waals surface area contributed by atoms with E-state index in [2.05, 4.69) is 15.5 Å². The van der Waals surface area contributed by atoms with E-state index < -0.39 is 0 Å². The molecule has 0 atom stereocenters. The fraction of sp³-hybridized carbons (Fsp3) is 0.333. The third-order valence-electron chi connectivity index (χ3n) is 3.05. The Balaban J connectivity index is 1.97. The molecule has 0 saturated heterocycles. The fourth-order valence-corrected chi connectivity index (χ4v) is 2.64. The molecule has 0 spiro atoms. The summed E-state index contributed by atoms with van der Waals surface area (Å²) in [4.78, 5) is 23.6. The van der Waals surface area contributed by atoms with Crippen LogP contribution in [0.5, 0.6) is 5.75 Å². The number of ether oxygens (including phenoxy) is 2. The standard InChI is InChI=1S/C15H19N5O4S/c1-3-24-13(22)9-25-15-19-18-14(16)20(15)8-12(21)17-10-4-6-11(23-2)7-5-10/h4-7H,3,8-9H2,1-2H3,(H2,16,18)(H,17,21). The van der Waals surface area contributed by atoms with Crippen molar-refractivity contribution in [3.63, 3.8) is 0 Å². The van der Waals surface area contributed by atoms with Crippen LogP contribution in [0.1, 0.15) is 6.92 Å². The molecule has 3 N–H and O–H groups in total. The fourth-order valence-electron chi connectivity index (χ4n) is 1.90. The molecule has 0 aliphatic carbocycles. The van der Waals surface area contributed by atoms with Crippen LogP contribution in [-0.4, -0.2) is 46.1 Å². The number of nitrogen functional groups attached to an aromatic ring is 1. The van der Waals surface area contributed by atoms with Gasteiger partial charge < -0.3 is 20.5 Å². The largest absolute Gasteiger partial charge is 0.497 e. The van der Waals surface area contributed by atoms with E-state index in [-0.39, 0.29) is 30.1 Å². The van der Waals surface area contributed by atoms with E-state index in [1.165, 1.54) is 4.57 Å². The summed E-state index contributed by atoms with van der Waals surface area (Å²) < 4.78 is 11.3. The maximum Gasteiger partial charge on any atom is 0.316 e. The quantitative estimate of drug-likeness (QED) is 0.528. The summed E-state index contributed by atoms with van der Waals surface area (Å²) in [6.45, 7) is 1.96. The van der Waals surface area contributed by atoms with Gasteiger partial charge in [0.05, 0.1) is 19.5 Å². The number of nitrogens with zero attached hydrogens (tertiary/aromatic N) is 3. The SMILES string of the molecule is CCOC(=O)CSc1nnc(N)n1CC(=O)Nc1ccc(OC)cc1. The van der Waals surface area contributed by atoms with Gasteiger partial charge in [-0.1, -0.05) is 11.8 Å². The smallest absolute Gasteiger partial charge is 0.316 e. The second-order valence-electron chi connectivity index (χ2n) is 4.80. The molecule has 2 rings (SSSR count). The number of aromatic nitrogens is 3. The first kappa shape index (κ1) is 18.6. The second kappa shape index (κ2) is 8.92. The number of amides is 1. The summed E-state index contributed by atoms with van der Waals surface area (Å²) >= 11 is 1.11. The number of rotatable bonds is 8. The number of hydrogen-bond acceptors (Lipinski definition) is 8. The Bertz CT molecular complexity index is 732. The van der Waals surface area contributed by atoms with Gasteiger partial charge in [0.15, 0.2) is 5.16 Å². The van der Waals surface area contributed by atoms with E-state index >= 15 is 0 Å². The summed E-state index contributed by atoms with van der Waals surface area (Å²) in [7, 11) is 1.57. The highest BCUT2D eigenvalue weighted by atomic mass is 32.2. The van der Waals surface area contributed by atoms with Gasteiger partial charge >= 0.3 is 5.97 Å². The lowest BCUT2D eigenvalue weighted by Gasteiger charge is -2.09. The summed E-state index contributed by atoms with van der Waals surface area (Å²) in [5, 5.41) is 10.7. The number of benzene rings is 1. The summed E-state index contributed by atoms with van der Waals surface area (Å²) in [6.07, 6.45) is 0. The van der Waals surface area contributed by atoms with E-state index in [4.69, 9.17) is 15.2 Å². The molecule has 1 amide bonds. The molecule has 25 heavy (non-hydrogen) atoms. The third kappa shape index (κ3) is 5.38. The molecular formula is C15H19N5O4S. The van der Waals surface area contributed by atoms with Crippen molar-refractivity contribution in [3.05, 3.63) is 24.3 Å².